The molecule has 0 saturated carbocycles. The average molecular weight is 283 g/mol. The van der Waals surface area contributed by atoms with E-state index in [-0.39, 0.29) is 0 Å². The third-order valence-corrected chi connectivity index (χ3v) is 3.73. The highest BCUT2D eigenvalue weighted by Gasteiger charge is 2.12. The van der Waals surface area contributed by atoms with Crippen molar-refractivity contribution in [3.63, 3.8) is 0 Å². The number of nitrogens with zero attached hydrogens (tertiary/aromatic N) is 1. The van der Waals surface area contributed by atoms with E-state index in [1.165, 1.54) is 6.20 Å². The number of nitrogen functional groups attached to an aromatic ring is 1. The maximum absolute atomic E-state index is 11.7. The van der Waals surface area contributed by atoms with Crippen LogP contribution in [-0.4, -0.2) is 35.6 Å². The van der Waals surface area contributed by atoms with Crippen LogP contribution in [0.5, 0.6) is 0 Å². The van der Waals surface area contributed by atoms with E-state index in [9.17, 15) is 4.79 Å². The summed E-state index contributed by atoms with van der Waals surface area (Å²) in [5.41, 5.74) is 6.42. The first-order valence-electron chi connectivity index (χ1n) is 6.27. The van der Waals surface area contributed by atoms with E-state index >= 15 is 0 Å². The second-order valence-corrected chi connectivity index (χ2v) is 5.42. The summed E-state index contributed by atoms with van der Waals surface area (Å²) < 4.78 is 4.95. The SMILES string of the molecule is CCOC(=O)c1cc(NCCC(C)SC)ncc1N. The quantitative estimate of drug-likeness (QED) is 0.748. The summed E-state index contributed by atoms with van der Waals surface area (Å²) in [4.78, 5) is 15.8. The van der Waals surface area contributed by atoms with Gasteiger partial charge in [0.1, 0.15) is 5.82 Å². The molecule has 1 atom stereocenters. The van der Waals surface area contributed by atoms with Gasteiger partial charge in [-0.3, -0.25) is 0 Å². The van der Waals surface area contributed by atoms with E-state index in [1.54, 1.807) is 13.0 Å². The number of nitrogens with one attached hydrogen (secondary N) is 1. The standard InChI is InChI=1S/C13H21N3O2S/c1-4-18-13(17)10-7-12(16-8-11(10)14)15-6-5-9(2)19-3/h7-9H,4-6,14H2,1-3H3,(H,15,16). The molecule has 0 aliphatic rings. The fourth-order valence-corrected chi connectivity index (χ4v) is 1.82. The molecule has 0 spiro atoms. The molecule has 5 nitrogen and oxygen atoms in total. The number of ether oxygens (including phenoxy) is 1. The highest BCUT2D eigenvalue weighted by atomic mass is 32.2. The van der Waals surface area contributed by atoms with Gasteiger partial charge in [-0.25, -0.2) is 9.78 Å². The second kappa shape index (κ2) is 7.89. The Morgan fingerprint density at radius 2 is 2.37 bits per heavy atom. The van der Waals surface area contributed by atoms with Gasteiger partial charge >= 0.3 is 5.97 Å². The predicted octanol–water partition coefficient (Wildman–Crippen LogP) is 2.39. The van der Waals surface area contributed by atoms with E-state index < -0.39 is 5.97 Å². The smallest absolute Gasteiger partial charge is 0.340 e. The van der Waals surface area contributed by atoms with Crippen LogP contribution in [0.15, 0.2) is 12.3 Å². The van der Waals surface area contributed by atoms with Crippen LogP contribution in [0.25, 0.3) is 0 Å². The third-order valence-electron chi connectivity index (χ3n) is 2.69. The van der Waals surface area contributed by atoms with Gasteiger partial charge in [-0.2, -0.15) is 11.8 Å². The number of carbonyl (C=O) groups excluding carboxylic acids is 1. The summed E-state index contributed by atoms with van der Waals surface area (Å²) in [7, 11) is 0. The Labute approximate surface area is 118 Å². The molecular formula is C13H21N3O2S. The van der Waals surface area contributed by atoms with Crippen LogP contribution in [0, 0.1) is 0 Å². The normalized spacial score (nSPS) is 11.9. The number of pyridine rings is 1. The van der Waals surface area contributed by atoms with Gasteiger partial charge < -0.3 is 15.8 Å². The highest BCUT2D eigenvalue weighted by molar-refractivity contribution is 7.99. The summed E-state index contributed by atoms with van der Waals surface area (Å²) in [5, 5.41) is 3.78. The molecule has 0 aliphatic heterocycles. The number of hydrogen-bond acceptors (Lipinski definition) is 6. The first-order chi connectivity index (χ1) is 9.08. The van der Waals surface area contributed by atoms with E-state index in [0.717, 1.165) is 13.0 Å². The number of rotatable bonds is 7. The number of anilines is 2. The predicted molar refractivity (Wildman–Crippen MR) is 80.7 cm³/mol. The van der Waals surface area contributed by atoms with Crippen molar-refractivity contribution in [2.24, 2.45) is 0 Å². The van der Waals surface area contributed by atoms with Crippen LogP contribution in [0.1, 0.15) is 30.6 Å². The molecule has 106 valence electrons. The number of thioether (sulfide) groups is 1. The number of carbonyl (C=O) groups is 1. The van der Waals surface area contributed by atoms with Crippen molar-refractivity contribution in [1.29, 1.82) is 0 Å². The van der Waals surface area contributed by atoms with Crippen molar-refractivity contribution >= 4 is 29.2 Å². The fourth-order valence-electron chi connectivity index (χ4n) is 1.47. The van der Waals surface area contributed by atoms with Gasteiger partial charge in [0, 0.05) is 11.8 Å². The molecule has 1 rings (SSSR count). The lowest BCUT2D eigenvalue weighted by Gasteiger charge is -2.11. The van der Waals surface area contributed by atoms with Crippen molar-refractivity contribution in [2.75, 3.05) is 30.5 Å². The molecule has 3 N–H and O–H groups in total. The summed E-state index contributed by atoms with van der Waals surface area (Å²) in [6.45, 7) is 5.07. The molecule has 0 aliphatic carbocycles. The number of aromatic nitrogens is 1. The average Bonchev–Trinajstić information content (AvgIpc) is 2.40. The van der Waals surface area contributed by atoms with E-state index in [4.69, 9.17) is 10.5 Å². The zero-order valence-electron chi connectivity index (χ0n) is 11.6. The van der Waals surface area contributed by atoms with Crippen LogP contribution in [-0.2, 0) is 4.74 Å². The van der Waals surface area contributed by atoms with Crippen LogP contribution in [0.2, 0.25) is 0 Å². The molecular weight excluding hydrogens is 262 g/mol. The first-order valence-corrected chi connectivity index (χ1v) is 7.56. The Balaban J connectivity index is 2.65. The fraction of sp³-hybridized carbons (Fsp3) is 0.538. The van der Waals surface area contributed by atoms with Crippen molar-refractivity contribution in [3.8, 4) is 0 Å². The van der Waals surface area contributed by atoms with Gasteiger partial charge in [0.15, 0.2) is 0 Å². The van der Waals surface area contributed by atoms with Crippen molar-refractivity contribution < 1.29 is 9.53 Å². The Morgan fingerprint density at radius 1 is 1.63 bits per heavy atom. The maximum Gasteiger partial charge on any atom is 0.340 e. The minimum absolute atomic E-state index is 0.328. The first kappa shape index (κ1) is 15.6. The molecule has 0 saturated heterocycles. The minimum atomic E-state index is -0.414. The lowest BCUT2D eigenvalue weighted by Crippen LogP contribution is -2.12. The van der Waals surface area contributed by atoms with Crippen molar-refractivity contribution in [1.82, 2.24) is 4.98 Å². The van der Waals surface area contributed by atoms with Gasteiger partial charge in [-0.05, 0) is 25.7 Å². The Morgan fingerprint density at radius 3 is 3.00 bits per heavy atom. The molecule has 1 unspecified atom stereocenters. The van der Waals surface area contributed by atoms with Gasteiger partial charge in [-0.15, -0.1) is 0 Å². The molecule has 0 aromatic carbocycles. The molecule has 0 bridgehead atoms. The Hall–Kier alpha value is -1.43. The van der Waals surface area contributed by atoms with Gasteiger partial charge in [-0.1, -0.05) is 6.92 Å². The largest absolute Gasteiger partial charge is 0.462 e. The Bertz CT molecular complexity index is 426. The van der Waals surface area contributed by atoms with E-state index in [2.05, 4.69) is 23.5 Å². The lowest BCUT2D eigenvalue weighted by molar-refractivity contribution is 0.0527. The van der Waals surface area contributed by atoms with Crippen LogP contribution >= 0.6 is 11.8 Å². The molecule has 6 heteroatoms. The van der Waals surface area contributed by atoms with E-state index in [0.29, 0.717) is 28.9 Å². The number of hydrogen-bond donors (Lipinski definition) is 2. The molecule has 0 amide bonds. The molecule has 1 aromatic heterocycles. The minimum Gasteiger partial charge on any atom is -0.462 e. The summed E-state index contributed by atoms with van der Waals surface area (Å²) in [5.74, 6) is 0.230. The van der Waals surface area contributed by atoms with Crippen LogP contribution in [0.4, 0.5) is 11.5 Å². The summed E-state index contributed by atoms with van der Waals surface area (Å²) in [6.07, 6.45) is 4.60. The second-order valence-electron chi connectivity index (χ2n) is 4.14. The van der Waals surface area contributed by atoms with Crippen LogP contribution in [0.3, 0.4) is 0 Å². The topological polar surface area (TPSA) is 77.2 Å². The number of nitrogens with two attached hydrogens (primary N) is 1. The molecule has 1 aromatic rings. The van der Waals surface area contributed by atoms with Gasteiger partial charge in [0.05, 0.1) is 24.1 Å². The summed E-state index contributed by atoms with van der Waals surface area (Å²) in [6, 6.07) is 1.64. The zero-order valence-corrected chi connectivity index (χ0v) is 12.4. The van der Waals surface area contributed by atoms with Crippen molar-refractivity contribution in [2.45, 2.75) is 25.5 Å². The molecule has 0 radical (unpaired) electrons. The zero-order chi connectivity index (χ0) is 14.3. The van der Waals surface area contributed by atoms with Gasteiger partial charge in [0.25, 0.3) is 0 Å². The monoisotopic (exact) mass is 283 g/mol. The van der Waals surface area contributed by atoms with E-state index in [1.807, 2.05) is 11.8 Å². The molecule has 1 heterocycles. The third kappa shape index (κ3) is 4.98. The van der Waals surface area contributed by atoms with Crippen LogP contribution < -0.4 is 11.1 Å². The maximum atomic E-state index is 11.7. The molecule has 0 fully saturated rings. The Kier molecular flexibility index (Phi) is 6.49. The van der Waals surface area contributed by atoms with Gasteiger partial charge in [0.2, 0.25) is 0 Å². The number of esters is 1. The highest BCUT2D eigenvalue weighted by Crippen LogP contribution is 2.16. The summed E-state index contributed by atoms with van der Waals surface area (Å²) >= 11 is 1.82. The lowest BCUT2D eigenvalue weighted by atomic mass is 10.2. The molecule has 19 heavy (non-hydrogen) atoms. The van der Waals surface area contributed by atoms with Crippen molar-refractivity contribution in [3.05, 3.63) is 17.8 Å².